The molecule has 0 aliphatic heterocycles. The van der Waals surface area contributed by atoms with Gasteiger partial charge in [0.2, 0.25) is 0 Å². The predicted molar refractivity (Wildman–Crippen MR) is 122 cm³/mol. The summed E-state index contributed by atoms with van der Waals surface area (Å²) >= 11 is -0.584. The maximum absolute atomic E-state index is 3.93. The van der Waals surface area contributed by atoms with Crippen molar-refractivity contribution in [1.82, 2.24) is 0 Å². The summed E-state index contributed by atoms with van der Waals surface area (Å²) in [6, 6.07) is 13.5. The van der Waals surface area contributed by atoms with Gasteiger partial charge in [0.1, 0.15) is 0 Å². The zero-order chi connectivity index (χ0) is 19.5. The number of benzene rings is 2. The maximum atomic E-state index is 3.93. The second kappa shape index (κ2) is 8.98. The summed E-state index contributed by atoms with van der Waals surface area (Å²) in [5, 5.41) is 2.81. The van der Waals surface area contributed by atoms with Crippen LogP contribution in [0.1, 0.15) is 61.0 Å². The molecule has 2 aromatic rings. The minimum absolute atomic E-state index is 0.584. The third kappa shape index (κ3) is 4.39. The van der Waals surface area contributed by atoms with E-state index in [1.165, 1.54) is 16.3 Å². The van der Waals surface area contributed by atoms with Gasteiger partial charge in [0.05, 0.1) is 0 Å². The second-order valence-corrected chi connectivity index (χ2v) is 19.9. The normalized spacial score (nSPS) is 12.3. The van der Waals surface area contributed by atoms with Crippen LogP contribution in [0.15, 0.2) is 36.4 Å². The third-order valence-electron chi connectivity index (χ3n) is 5.63. The SMILES string of the molecule is C[CH](C)[Sn][c]1cccc2cccc(C#C[Si](C(C)C)(C(C)C)C(C)C)c12. The fraction of sp³-hybridized carbons (Fsp3) is 0.500. The first-order valence-corrected chi connectivity index (χ1v) is 15.3. The molecule has 0 aliphatic rings. The molecule has 0 saturated heterocycles. The van der Waals surface area contributed by atoms with Crippen molar-refractivity contribution in [2.45, 2.75) is 75.9 Å². The molecule has 0 fully saturated rings. The Hall–Kier alpha value is -0.724. The molecule has 0 spiro atoms. The summed E-state index contributed by atoms with van der Waals surface area (Å²) in [5.41, 5.74) is 7.22. The Labute approximate surface area is 172 Å². The first-order valence-electron chi connectivity index (χ1n) is 10.0. The van der Waals surface area contributed by atoms with Crippen LogP contribution in [0.4, 0.5) is 0 Å². The Bertz CT molecular complexity index is 779. The fourth-order valence-corrected chi connectivity index (χ4v) is 13.2. The van der Waals surface area contributed by atoms with E-state index >= 15 is 0 Å². The zero-order valence-corrected chi connectivity index (χ0v) is 21.6. The van der Waals surface area contributed by atoms with Crippen LogP contribution in [-0.4, -0.2) is 29.2 Å². The van der Waals surface area contributed by atoms with Gasteiger partial charge in [0, 0.05) is 0 Å². The van der Waals surface area contributed by atoms with Crippen molar-refractivity contribution in [1.29, 1.82) is 0 Å². The molecule has 138 valence electrons. The molecule has 0 amide bonds. The molecule has 0 saturated carbocycles. The molecule has 26 heavy (non-hydrogen) atoms. The van der Waals surface area contributed by atoms with Gasteiger partial charge >= 0.3 is 173 Å². The van der Waals surface area contributed by atoms with Gasteiger partial charge < -0.3 is 0 Å². The van der Waals surface area contributed by atoms with Crippen LogP contribution in [0.2, 0.25) is 20.6 Å². The van der Waals surface area contributed by atoms with Crippen LogP contribution < -0.4 is 3.58 Å². The average Bonchev–Trinajstić information content (AvgIpc) is 2.54. The van der Waals surface area contributed by atoms with Crippen molar-refractivity contribution in [3.05, 3.63) is 42.0 Å². The van der Waals surface area contributed by atoms with E-state index in [-0.39, 0.29) is 0 Å². The summed E-state index contributed by atoms with van der Waals surface area (Å²) in [6.07, 6.45) is 0. The van der Waals surface area contributed by atoms with Gasteiger partial charge in [0.25, 0.3) is 0 Å². The summed E-state index contributed by atoms with van der Waals surface area (Å²) < 4.78 is 2.43. The van der Waals surface area contributed by atoms with Gasteiger partial charge in [-0.15, -0.1) is 0 Å². The zero-order valence-electron chi connectivity index (χ0n) is 17.8. The second-order valence-electron chi connectivity index (χ2n) is 8.66. The van der Waals surface area contributed by atoms with Crippen LogP contribution in [-0.2, 0) is 0 Å². The van der Waals surface area contributed by atoms with Crippen LogP contribution >= 0.6 is 0 Å². The first kappa shape index (κ1) is 21.6. The Balaban J connectivity index is 2.67. The van der Waals surface area contributed by atoms with Crippen molar-refractivity contribution in [3.8, 4) is 11.5 Å². The quantitative estimate of drug-likeness (QED) is 0.344. The Morgan fingerprint density at radius 1 is 0.769 bits per heavy atom. The molecule has 2 radical (unpaired) electrons. The van der Waals surface area contributed by atoms with Gasteiger partial charge in [-0.05, 0) is 0 Å². The van der Waals surface area contributed by atoms with Crippen LogP contribution in [0.3, 0.4) is 0 Å². The summed E-state index contributed by atoms with van der Waals surface area (Å²) in [6.45, 7) is 19.1. The predicted octanol–water partition coefficient (Wildman–Crippen LogP) is 6.57. The van der Waals surface area contributed by atoms with E-state index < -0.39 is 29.2 Å². The Morgan fingerprint density at radius 2 is 1.31 bits per heavy atom. The molecule has 2 heteroatoms. The standard InChI is InChI=1S/C21H27Si.C3H7.Sn/c1-16(2)22(17(3)4,18(5)6)15-14-20-12-9-11-19-10-7-8-13-21(19)20;1-3-2;/h7-12,16-18H,1-6H3;3H,1-2H3;. The van der Waals surface area contributed by atoms with Crippen molar-refractivity contribution >= 4 is 43.6 Å². The van der Waals surface area contributed by atoms with E-state index in [1.54, 1.807) is 3.58 Å². The van der Waals surface area contributed by atoms with Crippen molar-refractivity contribution < 1.29 is 0 Å². The Kier molecular flexibility index (Phi) is 7.45. The van der Waals surface area contributed by atoms with Crippen molar-refractivity contribution in [2.24, 2.45) is 0 Å². The summed E-state index contributed by atoms with van der Waals surface area (Å²) in [4.78, 5) is 0. The number of hydrogen-bond acceptors (Lipinski definition) is 0. The number of hydrogen-bond donors (Lipinski definition) is 0. The minimum atomic E-state index is -1.69. The van der Waals surface area contributed by atoms with Crippen LogP contribution in [0.25, 0.3) is 10.8 Å². The van der Waals surface area contributed by atoms with Crippen LogP contribution in [0.5, 0.6) is 0 Å². The average molecular weight is 469 g/mol. The van der Waals surface area contributed by atoms with E-state index in [0.717, 1.165) is 3.93 Å². The molecular formula is C24H34SiSn. The van der Waals surface area contributed by atoms with E-state index in [2.05, 4.69) is 103 Å². The number of rotatable bonds is 5. The third-order valence-corrected chi connectivity index (χ3v) is 15.6. The molecular weight excluding hydrogens is 435 g/mol. The Morgan fingerprint density at radius 3 is 1.81 bits per heavy atom. The molecule has 0 heterocycles. The van der Waals surface area contributed by atoms with E-state index in [4.69, 9.17) is 0 Å². The first-order chi connectivity index (χ1) is 12.2. The molecule has 0 aromatic heterocycles. The molecule has 0 N–H and O–H groups in total. The number of fused-ring (bicyclic) bond motifs is 1. The molecule has 0 aliphatic carbocycles. The fourth-order valence-electron chi connectivity index (χ4n) is 4.49. The monoisotopic (exact) mass is 470 g/mol. The van der Waals surface area contributed by atoms with Gasteiger partial charge in [-0.2, -0.15) is 0 Å². The summed E-state index contributed by atoms with van der Waals surface area (Å²) in [5.74, 6) is 3.73. The summed E-state index contributed by atoms with van der Waals surface area (Å²) in [7, 11) is -1.69. The van der Waals surface area contributed by atoms with Gasteiger partial charge in [-0.25, -0.2) is 0 Å². The molecule has 0 unspecified atom stereocenters. The van der Waals surface area contributed by atoms with Gasteiger partial charge in [0.15, 0.2) is 0 Å². The van der Waals surface area contributed by atoms with Crippen molar-refractivity contribution in [3.63, 3.8) is 0 Å². The molecule has 0 nitrogen and oxygen atoms in total. The van der Waals surface area contributed by atoms with Gasteiger partial charge in [-0.1, -0.05) is 0 Å². The topological polar surface area (TPSA) is 0 Å². The van der Waals surface area contributed by atoms with Crippen molar-refractivity contribution in [2.75, 3.05) is 0 Å². The molecule has 0 atom stereocenters. The van der Waals surface area contributed by atoms with E-state index in [0.29, 0.717) is 16.6 Å². The molecule has 2 aromatic carbocycles. The molecule has 2 rings (SSSR count). The van der Waals surface area contributed by atoms with E-state index in [9.17, 15) is 0 Å². The molecule has 0 bridgehead atoms. The van der Waals surface area contributed by atoms with Crippen LogP contribution in [0, 0.1) is 11.5 Å². The van der Waals surface area contributed by atoms with Gasteiger partial charge in [-0.3, -0.25) is 0 Å². The van der Waals surface area contributed by atoms with E-state index in [1.807, 2.05) is 0 Å².